The van der Waals surface area contributed by atoms with E-state index in [0.29, 0.717) is 38.8 Å². The molecule has 0 atom stereocenters. The van der Waals surface area contributed by atoms with Crippen molar-refractivity contribution in [2.45, 2.75) is 13.8 Å². The maximum absolute atomic E-state index is 13.6. The van der Waals surface area contributed by atoms with Gasteiger partial charge in [0.15, 0.2) is 11.5 Å². The summed E-state index contributed by atoms with van der Waals surface area (Å²) in [7, 11) is 0. The van der Waals surface area contributed by atoms with E-state index < -0.39 is 5.82 Å². The molecule has 0 spiro atoms. The van der Waals surface area contributed by atoms with E-state index in [4.69, 9.17) is 8.83 Å². The first-order valence-electron chi connectivity index (χ1n) is 10.5. The van der Waals surface area contributed by atoms with Crippen LogP contribution in [0, 0.1) is 19.7 Å². The zero-order valence-electron chi connectivity index (χ0n) is 18.1. The molecule has 0 aliphatic carbocycles. The molecule has 3 aromatic carbocycles. The van der Waals surface area contributed by atoms with Crippen LogP contribution in [0.5, 0.6) is 0 Å². The highest BCUT2D eigenvalue weighted by Gasteiger charge is 2.24. The minimum absolute atomic E-state index is 0.124. The summed E-state index contributed by atoms with van der Waals surface area (Å²) < 4.78 is 25.2. The first-order valence-corrected chi connectivity index (χ1v) is 10.5. The molecule has 0 radical (unpaired) electrons. The van der Waals surface area contributed by atoms with Gasteiger partial charge in [0.05, 0.1) is 12.2 Å². The summed E-state index contributed by atoms with van der Waals surface area (Å²) in [4.78, 5) is 26.2. The summed E-state index contributed by atoms with van der Waals surface area (Å²) in [6.45, 7) is 3.54. The van der Waals surface area contributed by atoms with Crippen molar-refractivity contribution in [3.63, 3.8) is 0 Å². The number of carbonyl (C=O) groups is 2. The van der Waals surface area contributed by atoms with Crippen molar-refractivity contribution in [1.29, 1.82) is 0 Å². The zero-order valence-corrected chi connectivity index (χ0v) is 18.1. The Morgan fingerprint density at radius 3 is 2.33 bits per heavy atom. The Labute approximate surface area is 188 Å². The predicted molar refractivity (Wildman–Crippen MR) is 125 cm³/mol. The van der Waals surface area contributed by atoms with Crippen molar-refractivity contribution in [3.8, 4) is 0 Å². The molecule has 0 bridgehead atoms. The lowest BCUT2D eigenvalue weighted by Gasteiger charge is -2.06. The Kier molecular flexibility index (Phi) is 5.05. The van der Waals surface area contributed by atoms with Gasteiger partial charge in [0, 0.05) is 21.9 Å². The van der Waals surface area contributed by atoms with Gasteiger partial charge in [-0.05, 0) is 44.2 Å². The fourth-order valence-electron chi connectivity index (χ4n) is 3.92. The number of carbonyl (C=O) groups excluding carboxylic acids is 2. The number of aryl methyl sites for hydroxylation is 2. The fraction of sp³-hybridized carbons (Fsp3) is 0.111. The second kappa shape index (κ2) is 8.06. The maximum atomic E-state index is 13.6. The van der Waals surface area contributed by atoms with E-state index in [-0.39, 0.29) is 29.6 Å². The molecule has 2 aromatic heterocycles. The molecule has 0 aliphatic heterocycles. The number of Topliss-reactive ketones (excluding diaryl/α,β-unsaturated/α-hetero) is 1. The number of rotatable bonds is 6. The van der Waals surface area contributed by atoms with E-state index in [1.807, 2.05) is 37.3 Å². The largest absolute Gasteiger partial charge is 0.453 e. The normalized spacial score (nSPS) is 11.2. The van der Waals surface area contributed by atoms with Gasteiger partial charge in [-0.2, -0.15) is 0 Å². The molecule has 33 heavy (non-hydrogen) atoms. The highest BCUT2D eigenvalue weighted by molar-refractivity contribution is 6.15. The van der Waals surface area contributed by atoms with Gasteiger partial charge in [-0.1, -0.05) is 42.0 Å². The molecule has 0 unspecified atom stereocenters. The van der Waals surface area contributed by atoms with Crippen LogP contribution in [0.15, 0.2) is 75.6 Å². The third-order valence-electron chi connectivity index (χ3n) is 5.69. The first kappa shape index (κ1) is 20.7. The van der Waals surface area contributed by atoms with Crippen molar-refractivity contribution in [3.05, 3.63) is 101 Å². The molecule has 6 heteroatoms. The maximum Gasteiger partial charge on any atom is 0.230 e. The molecule has 5 rings (SSSR count). The molecule has 0 amide bonds. The van der Waals surface area contributed by atoms with Gasteiger partial charge in [0.25, 0.3) is 0 Å². The van der Waals surface area contributed by atoms with Crippen LogP contribution in [0.4, 0.5) is 10.1 Å². The van der Waals surface area contributed by atoms with Crippen molar-refractivity contribution < 1.29 is 22.8 Å². The number of hydrogen-bond acceptors (Lipinski definition) is 5. The summed E-state index contributed by atoms with van der Waals surface area (Å²) in [5.41, 5.74) is 3.54. The summed E-state index contributed by atoms with van der Waals surface area (Å²) in [5, 5.41) is 4.34. The fourth-order valence-corrected chi connectivity index (χ4v) is 3.92. The number of ketones is 2. The van der Waals surface area contributed by atoms with Crippen molar-refractivity contribution in [2.75, 3.05) is 11.9 Å². The van der Waals surface area contributed by atoms with Gasteiger partial charge in [-0.3, -0.25) is 9.59 Å². The number of halogens is 1. The van der Waals surface area contributed by atoms with Crippen molar-refractivity contribution >= 4 is 39.2 Å². The lowest BCUT2D eigenvalue weighted by molar-refractivity contribution is 0.0977. The zero-order chi connectivity index (χ0) is 23.1. The number of anilines is 1. The molecule has 0 aliphatic rings. The van der Waals surface area contributed by atoms with Gasteiger partial charge in [0.1, 0.15) is 17.0 Å². The number of hydrogen-bond donors (Lipinski definition) is 1. The third-order valence-corrected chi connectivity index (χ3v) is 5.69. The molecular weight excluding hydrogens is 421 g/mol. The number of fused-ring (bicyclic) bond motifs is 2. The predicted octanol–water partition coefficient (Wildman–Crippen LogP) is 6.46. The molecule has 0 saturated carbocycles. The van der Waals surface area contributed by atoms with Crippen LogP contribution >= 0.6 is 0 Å². The SMILES string of the molecule is Cc1ccc(C(=O)c2oc3ccccc3c2NCC(=O)c2oc3ccc(F)cc3c2C)cc1. The highest BCUT2D eigenvalue weighted by atomic mass is 19.1. The lowest BCUT2D eigenvalue weighted by Crippen LogP contribution is -2.16. The van der Waals surface area contributed by atoms with Gasteiger partial charge in [0.2, 0.25) is 11.6 Å². The highest BCUT2D eigenvalue weighted by Crippen LogP contribution is 2.33. The van der Waals surface area contributed by atoms with E-state index in [1.54, 1.807) is 25.1 Å². The van der Waals surface area contributed by atoms with Crippen LogP contribution in [0.3, 0.4) is 0 Å². The van der Waals surface area contributed by atoms with Crippen LogP contribution < -0.4 is 5.32 Å². The van der Waals surface area contributed by atoms with Gasteiger partial charge in [-0.15, -0.1) is 0 Å². The molecule has 2 heterocycles. The molecule has 5 nitrogen and oxygen atoms in total. The number of furan rings is 2. The summed E-state index contributed by atoms with van der Waals surface area (Å²) in [6.07, 6.45) is 0. The standard InChI is InChI=1S/C27H20FNO4/c1-15-7-9-17(10-8-15)25(31)27-24(19-5-3-4-6-22(19)33-27)29-14-21(30)26-16(2)20-13-18(28)11-12-23(20)32-26/h3-13,29H,14H2,1-2H3. The second-order valence-corrected chi connectivity index (χ2v) is 7.97. The average molecular weight is 441 g/mol. The van der Waals surface area contributed by atoms with Crippen LogP contribution in [0.1, 0.15) is 37.8 Å². The number of para-hydroxylation sites is 1. The number of benzene rings is 3. The Balaban J connectivity index is 1.48. The molecule has 0 saturated heterocycles. The van der Waals surface area contributed by atoms with Crippen LogP contribution in [0.2, 0.25) is 0 Å². The molecule has 164 valence electrons. The molecular formula is C27H20FNO4. The van der Waals surface area contributed by atoms with Crippen LogP contribution in [-0.2, 0) is 0 Å². The number of nitrogens with one attached hydrogen (secondary N) is 1. The van der Waals surface area contributed by atoms with E-state index in [2.05, 4.69) is 5.32 Å². The molecule has 5 aromatic rings. The van der Waals surface area contributed by atoms with Gasteiger partial charge < -0.3 is 14.2 Å². The van der Waals surface area contributed by atoms with Crippen molar-refractivity contribution in [2.24, 2.45) is 0 Å². The summed E-state index contributed by atoms with van der Waals surface area (Å²) in [5.74, 6) is -0.703. The van der Waals surface area contributed by atoms with Gasteiger partial charge >= 0.3 is 0 Å². The molecule has 0 fully saturated rings. The Morgan fingerprint density at radius 1 is 0.848 bits per heavy atom. The Hall–Kier alpha value is -4.19. The van der Waals surface area contributed by atoms with Crippen LogP contribution in [-0.4, -0.2) is 18.1 Å². The lowest BCUT2D eigenvalue weighted by atomic mass is 10.1. The van der Waals surface area contributed by atoms with E-state index in [9.17, 15) is 14.0 Å². The Bertz CT molecular complexity index is 1530. The monoisotopic (exact) mass is 441 g/mol. The van der Waals surface area contributed by atoms with Crippen LogP contribution in [0.25, 0.3) is 21.9 Å². The average Bonchev–Trinajstić information content (AvgIpc) is 3.35. The third kappa shape index (κ3) is 3.69. The van der Waals surface area contributed by atoms with E-state index in [1.165, 1.54) is 18.2 Å². The van der Waals surface area contributed by atoms with E-state index in [0.717, 1.165) is 5.56 Å². The summed E-state index contributed by atoms with van der Waals surface area (Å²) in [6, 6.07) is 18.6. The van der Waals surface area contributed by atoms with E-state index >= 15 is 0 Å². The molecule has 1 N–H and O–H groups in total. The van der Waals surface area contributed by atoms with Crippen molar-refractivity contribution in [1.82, 2.24) is 0 Å². The topological polar surface area (TPSA) is 72.5 Å². The summed E-state index contributed by atoms with van der Waals surface area (Å²) >= 11 is 0. The second-order valence-electron chi connectivity index (χ2n) is 7.97. The minimum atomic E-state index is -0.396. The first-order chi connectivity index (χ1) is 15.9. The van der Waals surface area contributed by atoms with Gasteiger partial charge in [-0.25, -0.2) is 4.39 Å². The smallest absolute Gasteiger partial charge is 0.230 e. The quantitative estimate of drug-likeness (QED) is 0.306. The minimum Gasteiger partial charge on any atom is -0.453 e. The Morgan fingerprint density at radius 2 is 1.55 bits per heavy atom.